The van der Waals surface area contributed by atoms with Gasteiger partial charge in [0.15, 0.2) is 0 Å². The Labute approximate surface area is 226 Å². The molecule has 0 amide bonds. The standard InChI is InChI=1S/C24H26N4O5S4/c1-28-10-11-33-22-14-18(8-9-21(22)28)37(31,32)27-19(13-16-4-6-17(7-5-16)26-36(29)30)20-15-35-24(25-20)23-3-2-12-34-23/h2-6,8-9,12,14-15,17,19,26-27H,7,10-11,13H2,1H3,(H,29,30)/t17?,19-/m0/s1. The molecule has 3 N–H and O–H groups in total. The van der Waals surface area contributed by atoms with E-state index in [0.717, 1.165) is 27.7 Å². The molecule has 2 unspecified atom stereocenters. The van der Waals surface area contributed by atoms with Crippen LogP contribution < -0.4 is 19.1 Å². The molecule has 13 heteroatoms. The van der Waals surface area contributed by atoms with E-state index < -0.39 is 27.3 Å². The Morgan fingerprint density at radius 3 is 2.92 bits per heavy atom. The SMILES string of the molecule is CN1CCOc2cc(S(=O)(=O)N[C@@H](CC3=CCC(NS(=O)O)C=C3)c3csc(-c4cccs4)n3)ccc21. The Hall–Kier alpha value is -2.39. The summed E-state index contributed by atoms with van der Waals surface area (Å²) in [5.74, 6) is 0.541. The first-order valence-electron chi connectivity index (χ1n) is 11.5. The third-order valence-electron chi connectivity index (χ3n) is 6.11. The highest BCUT2D eigenvalue weighted by Gasteiger charge is 2.27. The number of allylic oxidation sites excluding steroid dienone is 1. The molecule has 0 spiro atoms. The van der Waals surface area contributed by atoms with Crippen LogP contribution >= 0.6 is 22.7 Å². The third kappa shape index (κ3) is 6.20. The highest BCUT2D eigenvalue weighted by atomic mass is 32.2. The molecule has 0 saturated heterocycles. The number of thiazole rings is 1. The lowest BCUT2D eigenvalue weighted by Crippen LogP contribution is -2.31. The van der Waals surface area contributed by atoms with Gasteiger partial charge in [-0.15, -0.1) is 22.7 Å². The molecule has 2 aliphatic rings. The fourth-order valence-electron chi connectivity index (χ4n) is 4.20. The molecule has 3 atom stereocenters. The van der Waals surface area contributed by atoms with Crippen molar-refractivity contribution in [2.45, 2.75) is 29.8 Å². The lowest BCUT2D eigenvalue weighted by molar-refractivity contribution is 0.310. The topological polar surface area (TPSA) is 121 Å². The summed E-state index contributed by atoms with van der Waals surface area (Å²) in [5.41, 5.74) is 2.40. The lowest BCUT2D eigenvalue weighted by Gasteiger charge is -2.28. The van der Waals surface area contributed by atoms with Crippen molar-refractivity contribution >= 4 is 49.7 Å². The van der Waals surface area contributed by atoms with Crippen molar-refractivity contribution in [3.63, 3.8) is 0 Å². The number of benzene rings is 1. The average molecular weight is 579 g/mol. The maximum atomic E-state index is 13.5. The van der Waals surface area contributed by atoms with Gasteiger partial charge in [0.1, 0.15) is 17.4 Å². The summed E-state index contributed by atoms with van der Waals surface area (Å²) in [5, 5.41) is 4.70. The third-order valence-corrected chi connectivity index (χ3v) is 9.99. The number of nitrogens with zero attached hydrogens (tertiary/aromatic N) is 2. The molecule has 0 saturated carbocycles. The molecule has 0 radical (unpaired) electrons. The van der Waals surface area contributed by atoms with Crippen LogP contribution in [-0.2, 0) is 21.3 Å². The van der Waals surface area contributed by atoms with Gasteiger partial charge in [-0.05, 0) is 36.4 Å². The second-order valence-corrected chi connectivity index (χ2v) is 12.9. The van der Waals surface area contributed by atoms with Crippen LogP contribution in [0.5, 0.6) is 5.75 Å². The minimum atomic E-state index is -3.90. The minimum Gasteiger partial charge on any atom is -0.490 e. The highest BCUT2D eigenvalue weighted by Crippen LogP contribution is 2.35. The molecule has 3 aromatic rings. The number of fused-ring (bicyclic) bond motifs is 1. The zero-order valence-corrected chi connectivity index (χ0v) is 23.1. The van der Waals surface area contributed by atoms with E-state index in [4.69, 9.17) is 14.3 Å². The summed E-state index contributed by atoms with van der Waals surface area (Å²) in [6.07, 6.45) is 6.50. The molecular weight excluding hydrogens is 553 g/mol. The van der Waals surface area contributed by atoms with Crippen LogP contribution in [0.3, 0.4) is 0 Å². The van der Waals surface area contributed by atoms with Crippen molar-refractivity contribution < 1.29 is 21.9 Å². The second-order valence-electron chi connectivity index (χ2n) is 8.68. The van der Waals surface area contributed by atoms with Gasteiger partial charge in [-0.25, -0.2) is 27.1 Å². The Balaban J connectivity index is 1.41. The van der Waals surface area contributed by atoms with Gasteiger partial charge >= 0.3 is 0 Å². The largest absolute Gasteiger partial charge is 0.490 e. The average Bonchev–Trinajstić information content (AvgIpc) is 3.57. The van der Waals surface area contributed by atoms with Gasteiger partial charge in [-0.1, -0.05) is 29.9 Å². The van der Waals surface area contributed by atoms with Gasteiger partial charge in [0.25, 0.3) is 0 Å². The van der Waals surface area contributed by atoms with Crippen molar-refractivity contribution in [2.75, 3.05) is 25.1 Å². The van der Waals surface area contributed by atoms with E-state index in [1.807, 2.05) is 53.1 Å². The van der Waals surface area contributed by atoms with E-state index in [2.05, 4.69) is 9.44 Å². The van der Waals surface area contributed by atoms with E-state index in [9.17, 15) is 12.6 Å². The molecule has 196 valence electrons. The number of aromatic nitrogens is 1. The van der Waals surface area contributed by atoms with Gasteiger partial charge in [-0.3, -0.25) is 4.55 Å². The van der Waals surface area contributed by atoms with Crippen LogP contribution in [0, 0.1) is 0 Å². The number of hydrogen-bond acceptors (Lipinski definition) is 8. The summed E-state index contributed by atoms with van der Waals surface area (Å²) < 4.78 is 58.3. The molecule has 2 aromatic heterocycles. The van der Waals surface area contributed by atoms with Crippen LogP contribution in [0.15, 0.2) is 69.8 Å². The number of likely N-dealkylation sites (N-methyl/N-ethyl adjacent to an activating group) is 1. The van der Waals surface area contributed by atoms with Crippen molar-refractivity contribution in [1.82, 2.24) is 14.4 Å². The molecule has 0 fully saturated rings. The van der Waals surface area contributed by atoms with E-state index in [0.29, 0.717) is 30.9 Å². The maximum Gasteiger partial charge on any atom is 0.241 e. The molecule has 9 nitrogen and oxygen atoms in total. The van der Waals surface area contributed by atoms with Crippen molar-refractivity contribution in [3.8, 4) is 15.6 Å². The van der Waals surface area contributed by atoms with Crippen LogP contribution in [0.4, 0.5) is 5.69 Å². The summed E-state index contributed by atoms with van der Waals surface area (Å²) >= 11 is 0.949. The first-order valence-corrected chi connectivity index (χ1v) is 15.9. The summed E-state index contributed by atoms with van der Waals surface area (Å²) in [6, 6.07) is 7.99. The van der Waals surface area contributed by atoms with Crippen LogP contribution in [0.1, 0.15) is 24.6 Å². The quantitative estimate of drug-likeness (QED) is 0.327. The summed E-state index contributed by atoms with van der Waals surface area (Å²) in [7, 11) is -1.95. The van der Waals surface area contributed by atoms with E-state index in [1.54, 1.807) is 29.5 Å². The Morgan fingerprint density at radius 1 is 1.32 bits per heavy atom. The first-order chi connectivity index (χ1) is 17.8. The molecular formula is C24H26N4O5S4. The van der Waals surface area contributed by atoms with E-state index in [-0.39, 0.29) is 10.9 Å². The van der Waals surface area contributed by atoms with Crippen LogP contribution in [-0.4, -0.2) is 48.4 Å². The van der Waals surface area contributed by atoms with Crippen LogP contribution in [0.2, 0.25) is 0 Å². The monoisotopic (exact) mass is 578 g/mol. The number of rotatable bonds is 9. The number of hydrogen-bond donors (Lipinski definition) is 3. The number of anilines is 1. The number of nitrogens with one attached hydrogen (secondary N) is 2. The van der Waals surface area contributed by atoms with Crippen LogP contribution in [0.25, 0.3) is 9.88 Å². The normalized spacial score (nSPS) is 19.1. The Kier molecular flexibility index (Phi) is 7.91. The minimum absolute atomic E-state index is 0.128. The number of sulfonamides is 1. The molecule has 3 heterocycles. The fraction of sp³-hybridized carbons (Fsp3) is 0.292. The van der Waals surface area contributed by atoms with Gasteiger partial charge < -0.3 is 9.64 Å². The van der Waals surface area contributed by atoms with Gasteiger partial charge in [0, 0.05) is 24.5 Å². The molecule has 1 aromatic carbocycles. The predicted octanol–water partition coefficient (Wildman–Crippen LogP) is 4.09. The second kappa shape index (κ2) is 11.2. The summed E-state index contributed by atoms with van der Waals surface area (Å²) in [6.45, 7) is 1.23. The fourth-order valence-corrected chi connectivity index (χ4v) is 7.54. The van der Waals surface area contributed by atoms with Crippen molar-refractivity contribution in [1.29, 1.82) is 0 Å². The summed E-state index contributed by atoms with van der Waals surface area (Å²) in [4.78, 5) is 7.95. The maximum absolute atomic E-state index is 13.5. The zero-order valence-electron chi connectivity index (χ0n) is 19.9. The molecule has 37 heavy (non-hydrogen) atoms. The van der Waals surface area contributed by atoms with Crippen molar-refractivity contribution in [2.24, 2.45) is 0 Å². The number of ether oxygens (including phenoxy) is 1. The first kappa shape index (κ1) is 26.2. The van der Waals surface area contributed by atoms with Gasteiger partial charge in [0.2, 0.25) is 21.3 Å². The molecule has 0 bridgehead atoms. The Bertz CT molecular complexity index is 1450. The predicted molar refractivity (Wildman–Crippen MR) is 148 cm³/mol. The molecule has 1 aliphatic carbocycles. The van der Waals surface area contributed by atoms with E-state index in [1.165, 1.54) is 11.3 Å². The van der Waals surface area contributed by atoms with Gasteiger partial charge in [0.05, 0.1) is 33.7 Å². The Morgan fingerprint density at radius 2 is 2.19 bits per heavy atom. The van der Waals surface area contributed by atoms with E-state index >= 15 is 0 Å². The highest BCUT2D eigenvalue weighted by molar-refractivity contribution is 7.89. The lowest BCUT2D eigenvalue weighted by atomic mass is 9.97. The smallest absolute Gasteiger partial charge is 0.241 e. The van der Waals surface area contributed by atoms with Crippen molar-refractivity contribution in [3.05, 3.63) is 70.6 Å². The molecule has 5 rings (SSSR count). The molecule has 1 aliphatic heterocycles. The van der Waals surface area contributed by atoms with Gasteiger partial charge in [-0.2, -0.15) is 0 Å². The number of thiophene rings is 1. The zero-order chi connectivity index (χ0) is 26.0.